The maximum Gasteiger partial charge on any atom is 0.264 e. The first-order valence-corrected chi connectivity index (χ1v) is 10.4. The van der Waals surface area contributed by atoms with Gasteiger partial charge >= 0.3 is 0 Å². The number of aryl methyl sites for hydroxylation is 1. The van der Waals surface area contributed by atoms with Gasteiger partial charge in [-0.15, -0.1) is 11.3 Å². The van der Waals surface area contributed by atoms with E-state index in [0.29, 0.717) is 19.1 Å². The van der Waals surface area contributed by atoms with Gasteiger partial charge in [-0.05, 0) is 36.8 Å². The maximum absolute atomic E-state index is 12.5. The van der Waals surface area contributed by atoms with Crippen molar-refractivity contribution >= 4 is 27.1 Å². The summed E-state index contributed by atoms with van der Waals surface area (Å²) < 4.78 is 23.0. The predicted molar refractivity (Wildman–Crippen MR) is 88.2 cm³/mol. The van der Waals surface area contributed by atoms with Crippen molar-refractivity contribution in [1.29, 1.82) is 0 Å². The molecule has 0 atom stereocenters. The Morgan fingerprint density at radius 2 is 1.82 bits per heavy atom. The van der Waals surface area contributed by atoms with Crippen molar-refractivity contribution in [1.82, 2.24) is 9.80 Å². The molecule has 0 radical (unpaired) electrons. The highest BCUT2D eigenvalue weighted by Gasteiger charge is 2.31. The molecule has 122 valence electrons. The molecule has 5 nitrogen and oxygen atoms in total. The number of amides is 1. The topological polar surface area (TPSA) is 57.7 Å². The minimum atomic E-state index is -2.82. The lowest BCUT2D eigenvalue weighted by molar-refractivity contribution is 0.0633. The Morgan fingerprint density at radius 3 is 2.36 bits per heavy atom. The van der Waals surface area contributed by atoms with E-state index in [1.165, 1.54) is 11.3 Å². The Bertz CT molecular complexity index is 631. The molecule has 0 aromatic carbocycles. The zero-order chi connectivity index (χ0) is 15.7. The van der Waals surface area contributed by atoms with Gasteiger partial charge in [0.1, 0.15) is 0 Å². The zero-order valence-electron chi connectivity index (χ0n) is 12.8. The molecule has 0 N–H and O–H groups in total. The molecule has 2 saturated heterocycles. The number of thiophene rings is 1. The number of carbonyl (C=O) groups excluding carboxylic acids is 1. The number of hydrogen-bond donors (Lipinski definition) is 0. The first-order valence-electron chi connectivity index (χ1n) is 7.74. The molecule has 0 unspecified atom stereocenters. The fourth-order valence-electron chi connectivity index (χ4n) is 3.26. The quantitative estimate of drug-likeness (QED) is 0.815. The summed E-state index contributed by atoms with van der Waals surface area (Å²) in [6.07, 6.45) is 1.88. The largest absolute Gasteiger partial charge is 0.338 e. The fraction of sp³-hybridized carbons (Fsp3) is 0.667. The Morgan fingerprint density at radius 1 is 1.18 bits per heavy atom. The van der Waals surface area contributed by atoms with E-state index in [9.17, 15) is 13.2 Å². The van der Waals surface area contributed by atoms with Gasteiger partial charge in [0.05, 0.1) is 16.4 Å². The monoisotopic (exact) mass is 342 g/mol. The van der Waals surface area contributed by atoms with Crippen LogP contribution in [-0.4, -0.2) is 67.9 Å². The number of nitrogens with zero attached hydrogens (tertiary/aromatic N) is 2. The smallest absolute Gasteiger partial charge is 0.264 e. The summed E-state index contributed by atoms with van der Waals surface area (Å²) in [5, 5.41) is 1.96. The van der Waals surface area contributed by atoms with Crippen LogP contribution in [-0.2, 0) is 9.84 Å². The van der Waals surface area contributed by atoms with Gasteiger partial charge in [-0.1, -0.05) is 0 Å². The molecule has 1 amide bonds. The van der Waals surface area contributed by atoms with Crippen molar-refractivity contribution in [2.75, 3.05) is 37.7 Å². The number of carbonyl (C=O) groups is 1. The van der Waals surface area contributed by atoms with Gasteiger partial charge in [0, 0.05) is 32.2 Å². The van der Waals surface area contributed by atoms with Gasteiger partial charge < -0.3 is 4.90 Å². The van der Waals surface area contributed by atoms with Crippen molar-refractivity contribution in [3.05, 3.63) is 21.9 Å². The summed E-state index contributed by atoms with van der Waals surface area (Å²) in [5.74, 6) is 0.702. The van der Waals surface area contributed by atoms with Crippen molar-refractivity contribution < 1.29 is 13.2 Å². The molecule has 1 aromatic rings. The molecule has 2 aliphatic heterocycles. The molecule has 2 fully saturated rings. The van der Waals surface area contributed by atoms with E-state index in [-0.39, 0.29) is 17.4 Å². The van der Waals surface area contributed by atoms with Gasteiger partial charge in [0.2, 0.25) is 0 Å². The van der Waals surface area contributed by atoms with Crippen molar-refractivity contribution in [2.45, 2.75) is 25.8 Å². The second kappa shape index (κ2) is 6.29. The van der Waals surface area contributed by atoms with Crippen LogP contribution in [0.4, 0.5) is 0 Å². The second-order valence-corrected chi connectivity index (χ2v) is 9.36. The summed E-state index contributed by atoms with van der Waals surface area (Å²) in [7, 11) is -2.82. The minimum Gasteiger partial charge on any atom is -0.338 e. The average molecular weight is 342 g/mol. The maximum atomic E-state index is 12.5. The van der Waals surface area contributed by atoms with E-state index in [1.54, 1.807) is 0 Å². The predicted octanol–water partition coefficient (Wildman–Crippen LogP) is 1.39. The van der Waals surface area contributed by atoms with E-state index in [2.05, 4.69) is 4.90 Å². The molecule has 7 heteroatoms. The Balaban J connectivity index is 1.55. The summed E-state index contributed by atoms with van der Waals surface area (Å²) in [6.45, 7) is 4.80. The second-order valence-electron chi connectivity index (χ2n) is 6.14. The third-order valence-corrected chi connectivity index (χ3v) is 7.32. The number of hydrogen-bond acceptors (Lipinski definition) is 5. The summed E-state index contributed by atoms with van der Waals surface area (Å²) in [5.41, 5.74) is 1.05. The SMILES string of the molecule is Cc1ccsc1C(=O)N1CCC(N2CCS(=O)(=O)CC2)CC1. The molecule has 22 heavy (non-hydrogen) atoms. The number of rotatable bonds is 2. The molecule has 0 saturated carbocycles. The molecule has 1 aromatic heterocycles. The van der Waals surface area contributed by atoms with Crippen LogP contribution in [0.1, 0.15) is 28.1 Å². The van der Waals surface area contributed by atoms with E-state index in [0.717, 1.165) is 36.4 Å². The number of sulfone groups is 1. The van der Waals surface area contributed by atoms with Crippen LogP contribution in [0, 0.1) is 6.92 Å². The molecule has 2 aliphatic rings. The first-order chi connectivity index (χ1) is 10.5. The van der Waals surface area contributed by atoms with E-state index >= 15 is 0 Å². The first kappa shape index (κ1) is 16.0. The average Bonchev–Trinajstić information content (AvgIpc) is 2.93. The van der Waals surface area contributed by atoms with Crippen LogP contribution < -0.4 is 0 Å². The van der Waals surface area contributed by atoms with Gasteiger partial charge in [-0.3, -0.25) is 9.69 Å². The number of piperidine rings is 1. The third-order valence-electron chi connectivity index (χ3n) is 4.70. The molecular weight excluding hydrogens is 320 g/mol. The molecule has 3 rings (SSSR count). The van der Waals surface area contributed by atoms with E-state index in [4.69, 9.17) is 0 Å². The lowest BCUT2D eigenvalue weighted by Crippen LogP contribution is -2.51. The fourth-order valence-corrected chi connectivity index (χ4v) is 5.38. The van der Waals surface area contributed by atoms with Crippen LogP contribution in [0.15, 0.2) is 11.4 Å². The summed E-state index contributed by atoms with van der Waals surface area (Å²) in [4.78, 5) is 17.6. The van der Waals surface area contributed by atoms with Crippen molar-refractivity contribution in [3.8, 4) is 0 Å². The minimum absolute atomic E-state index is 0.146. The highest BCUT2D eigenvalue weighted by Crippen LogP contribution is 2.23. The van der Waals surface area contributed by atoms with Gasteiger partial charge in [-0.25, -0.2) is 8.42 Å². The van der Waals surface area contributed by atoms with Crippen LogP contribution in [0.25, 0.3) is 0 Å². The summed E-state index contributed by atoms with van der Waals surface area (Å²) >= 11 is 1.51. The lowest BCUT2D eigenvalue weighted by Gasteiger charge is -2.40. The highest BCUT2D eigenvalue weighted by molar-refractivity contribution is 7.91. The third kappa shape index (κ3) is 3.36. The molecule has 0 spiro atoms. The molecule has 0 aliphatic carbocycles. The van der Waals surface area contributed by atoms with E-state index < -0.39 is 9.84 Å². The van der Waals surface area contributed by atoms with Gasteiger partial charge in [0.15, 0.2) is 9.84 Å². The number of likely N-dealkylation sites (tertiary alicyclic amines) is 1. The molecule has 0 bridgehead atoms. The lowest BCUT2D eigenvalue weighted by atomic mass is 10.0. The van der Waals surface area contributed by atoms with Gasteiger partial charge in [-0.2, -0.15) is 0 Å². The molecular formula is C15H22N2O3S2. The zero-order valence-corrected chi connectivity index (χ0v) is 14.5. The molecule has 3 heterocycles. The summed E-state index contributed by atoms with van der Waals surface area (Å²) in [6, 6.07) is 2.41. The van der Waals surface area contributed by atoms with Crippen LogP contribution >= 0.6 is 11.3 Å². The van der Waals surface area contributed by atoms with Gasteiger partial charge in [0.25, 0.3) is 5.91 Å². The van der Waals surface area contributed by atoms with Crippen molar-refractivity contribution in [2.24, 2.45) is 0 Å². The Hall–Kier alpha value is -0.920. The van der Waals surface area contributed by atoms with Crippen molar-refractivity contribution in [3.63, 3.8) is 0 Å². The Kier molecular flexibility index (Phi) is 4.56. The highest BCUT2D eigenvalue weighted by atomic mass is 32.2. The Labute approximate surface area is 135 Å². The van der Waals surface area contributed by atoms with Crippen LogP contribution in [0.5, 0.6) is 0 Å². The van der Waals surface area contributed by atoms with E-state index in [1.807, 2.05) is 23.3 Å². The van der Waals surface area contributed by atoms with Crippen LogP contribution in [0.3, 0.4) is 0 Å². The van der Waals surface area contributed by atoms with Crippen LogP contribution in [0.2, 0.25) is 0 Å². The standard InChI is InChI=1S/C15H22N2O3S2/c1-12-4-9-21-14(12)15(18)17-5-2-13(3-6-17)16-7-10-22(19,20)11-8-16/h4,9,13H,2-3,5-8,10-11H2,1H3. The normalized spacial score (nSPS) is 23.6.